The zero-order chi connectivity index (χ0) is 13.5. The normalized spacial score (nSPS) is 11.5. The van der Waals surface area contributed by atoms with Crippen molar-refractivity contribution < 1.29 is 9.13 Å². The number of ether oxygens (including phenoxy) is 1. The minimum atomic E-state index is -0.395. The summed E-state index contributed by atoms with van der Waals surface area (Å²) in [5, 5.41) is 0. The van der Waals surface area contributed by atoms with E-state index in [1.165, 1.54) is 0 Å². The quantitative estimate of drug-likeness (QED) is 0.872. The molecule has 2 N–H and O–H groups in total. The van der Waals surface area contributed by atoms with E-state index < -0.39 is 6.67 Å². The van der Waals surface area contributed by atoms with Crippen LogP contribution in [0.1, 0.15) is 23.6 Å². The molecule has 0 saturated heterocycles. The van der Waals surface area contributed by atoms with Gasteiger partial charge in [0.2, 0.25) is 0 Å². The highest BCUT2D eigenvalue weighted by molar-refractivity contribution is 5.85. The lowest BCUT2D eigenvalue weighted by Crippen LogP contribution is -2.10. The monoisotopic (exact) mass is 295 g/mol. The van der Waals surface area contributed by atoms with Crippen molar-refractivity contribution in [2.24, 2.45) is 5.73 Å². The smallest absolute Gasteiger partial charge is 0.119 e. The van der Waals surface area contributed by atoms with Crippen molar-refractivity contribution in [1.29, 1.82) is 0 Å². The molecule has 0 fully saturated rings. The molecule has 0 saturated carbocycles. The van der Waals surface area contributed by atoms with Gasteiger partial charge in [-0.25, -0.2) is 0 Å². The summed E-state index contributed by atoms with van der Waals surface area (Å²) in [5.41, 5.74) is 7.90. The number of alkyl halides is 1. The zero-order valence-corrected chi connectivity index (χ0v) is 12.0. The number of rotatable bonds is 6. The van der Waals surface area contributed by atoms with Crippen LogP contribution >= 0.6 is 12.4 Å². The zero-order valence-electron chi connectivity index (χ0n) is 11.2. The Hall–Kier alpha value is -1.58. The molecule has 0 bridgehead atoms. The molecule has 0 unspecified atom stereocenters. The third-order valence-electron chi connectivity index (χ3n) is 2.98. The van der Waals surface area contributed by atoms with Gasteiger partial charge < -0.3 is 10.5 Å². The second kappa shape index (κ2) is 8.56. The molecule has 1 atom stereocenters. The largest absolute Gasteiger partial charge is 0.489 e. The van der Waals surface area contributed by atoms with E-state index in [0.717, 1.165) is 16.9 Å². The van der Waals surface area contributed by atoms with Crippen LogP contribution < -0.4 is 10.5 Å². The second-order valence-electron chi connectivity index (χ2n) is 4.43. The molecular formula is C16H19ClFNO. The van der Waals surface area contributed by atoms with Gasteiger partial charge in [0.15, 0.2) is 0 Å². The van der Waals surface area contributed by atoms with Crippen molar-refractivity contribution in [3.05, 3.63) is 65.7 Å². The van der Waals surface area contributed by atoms with E-state index in [-0.39, 0.29) is 18.4 Å². The van der Waals surface area contributed by atoms with E-state index in [1.54, 1.807) is 0 Å². The Morgan fingerprint density at radius 2 is 1.65 bits per heavy atom. The Labute approximate surface area is 125 Å². The van der Waals surface area contributed by atoms with Gasteiger partial charge in [-0.15, -0.1) is 12.4 Å². The molecule has 0 amide bonds. The summed E-state index contributed by atoms with van der Waals surface area (Å²) in [4.78, 5) is 0. The first-order valence-electron chi connectivity index (χ1n) is 6.38. The molecule has 0 spiro atoms. The van der Waals surface area contributed by atoms with Gasteiger partial charge in [-0.05, 0) is 29.7 Å². The van der Waals surface area contributed by atoms with Crippen LogP contribution in [0.2, 0.25) is 0 Å². The van der Waals surface area contributed by atoms with Gasteiger partial charge in [0.25, 0.3) is 0 Å². The summed E-state index contributed by atoms with van der Waals surface area (Å²) in [6, 6.07) is 17.3. The summed E-state index contributed by atoms with van der Waals surface area (Å²) in [5.74, 6) is 0.792. The van der Waals surface area contributed by atoms with Crippen LogP contribution in [-0.4, -0.2) is 6.67 Å². The van der Waals surface area contributed by atoms with Crippen molar-refractivity contribution >= 4 is 12.4 Å². The van der Waals surface area contributed by atoms with Gasteiger partial charge in [0.05, 0.1) is 6.67 Å². The molecule has 20 heavy (non-hydrogen) atoms. The number of halogens is 2. The molecule has 0 radical (unpaired) electrons. The van der Waals surface area contributed by atoms with Crippen LogP contribution in [0.5, 0.6) is 5.75 Å². The Morgan fingerprint density at radius 1 is 1.00 bits per heavy atom. The van der Waals surface area contributed by atoms with Crippen LogP contribution in [0.3, 0.4) is 0 Å². The highest BCUT2D eigenvalue weighted by Gasteiger charge is 2.05. The van der Waals surface area contributed by atoms with Crippen molar-refractivity contribution in [2.45, 2.75) is 19.1 Å². The van der Waals surface area contributed by atoms with Crippen molar-refractivity contribution in [2.75, 3.05) is 6.67 Å². The molecule has 0 heterocycles. The lowest BCUT2D eigenvalue weighted by molar-refractivity contribution is 0.306. The van der Waals surface area contributed by atoms with Crippen LogP contribution in [0.15, 0.2) is 54.6 Å². The maximum absolute atomic E-state index is 12.2. The van der Waals surface area contributed by atoms with E-state index in [1.807, 2.05) is 54.6 Å². The molecule has 0 aliphatic rings. The Bertz CT molecular complexity index is 490. The molecule has 4 heteroatoms. The summed E-state index contributed by atoms with van der Waals surface area (Å²) in [7, 11) is 0. The summed E-state index contributed by atoms with van der Waals surface area (Å²) in [6.07, 6.45) is 0.351. The van der Waals surface area contributed by atoms with E-state index in [4.69, 9.17) is 10.5 Å². The number of benzene rings is 2. The molecule has 0 aromatic heterocycles. The highest BCUT2D eigenvalue weighted by atomic mass is 35.5. The third-order valence-corrected chi connectivity index (χ3v) is 2.98. The predicted molar refractivity (Wildman–Crippen MR) is 82.0 cm³/mol. The van der Waals surface area contributed by atoms with E-state index in [0.29, 0.717) is 13.0 Å². The molecule has 2 aromatic carbocycles. The average molecular weight is 296 g/mol. The molecule has 2 aromatic rings. The predicted octanol–water partition coefficient (Wildman–Crippen LogP) is 4.05. The third kappa shape index (κ3) is 4.83. The first-order chi connectivity index (χ1) is 9.29. The Kier molecular flexibility index (Phi) is 7.05. The van der Waals surface area contributed by atoms with Gasteiger partial charge in [0.1, 0.15) is 12.4 Å². The lowest BCUT2D eigenvalue weighted by atomic mass is 10.1. The van der Waals surface area contributed by atoms with Gasteiger partial charge in [-0.3, -0.25) is 4.39 Å². The minimum absolute atomic E-state index is 0. The van der Waals surface area contributed by atoms with Gasteiger partial charge in [-0.2, -0.15) is 0 Å². The maximum Gasteiger partial charge on any atom is 0.119 e. The summed E-state index contributed by atoms with van der Waals surface area (Å²) in [6.45, 7) is 0.143. The first kappa shape index (κ1) is 16.5. The van der Waals surface area contributed by atoms with Crippen LogP contribution in [-0.2, 0) is 6.61 Å². The summed E-state index contributed by atoms with van der Waals surface area (Å²) < 4.78 is 17.9. The second-order valence-corrected chi connectivity index (χ2v) is 4.43. The highest BCUT2D eigenvalue weighted by Crippen LogP contribution is 2.19. The van der Waals surface area contributed by atoms with E-state index >= 15 is 0 Å². The van der Waals surface area contributed by atoms with Gasteiger partial charge in [0, 0.05) is 6.04 Å². The van der Waals surface area contributed by atoms with Crippen LogP contribution in [0.4, 0.5) is 4.39 Å². The number of hydrogen-bond donors (Lipinski definition) is 1. The van der Waals surface area contributed by atoms with Gasteiger partial charge in [-0.1, -0.05) is 42.5 Å². The molecule has 108 valence electrons. The Balaban J connectivity index is 0.00000200. The standard InChI is InChI=1S/C16H18FNO.ClH/c17-11-10-16(18)14-6-8-15(9-7-14)19-12-13-4-2-1-3-5-13;/h1-9,16H,10-12,18H2;1H/t16-;/m0./s1. The maximum atomic E-state index is 12.2. The van der Waals surface area contributed by atoms with Crippen LogP contribution in [0.25, 0.3) is 0 Å². The number of hydrogen-bond acceptors (Lipinski definition) is 2. The van der Waals surface area contributed by atoms with E-state index in [2.05, 4.69) is 0 Å². The Morgan fingerprint density at radius 3 is 2.25 bits per heavy atom. The summed E-state index contributed by atoms with van der Waals surface area (Å²) >= 11 is 0. The fraction of sp³-hybridized carbons (Fsp3) is 0.250. The topological polar surface area (TPSA) is 35.2 Å². The van der Waals surface area contributed by atoms with Gasteiger partial charge >= 0.3 is 0 Å². The molecule has 0 aliphatic heterocycles. The SMILES string of the molecule is Cl.N[C@@H](CCF)c1ccc(OCc2ccccc2)cc1. The molecular weight excluding hydrogens is 277 g/mol. The minimum Gasteiger partial charge on any atom is -0.489 e. The fourth-order valence-electron chi connectivity index (χ4n) is 1.84. The van der Waals surface area contributed by atoms with Crippen LogP contribution in [0, 0.1) is 0 Å². The first-order valence-corrected chi connectivity index (χ1v) is 6.38. The molecule has 2 rings (SSSR count). The molecule has 2 nitrogen and oxygen atoms in total. The lowest BCUT2D eigenvalue weighted by Gasteiger charge is -2.11. The average Bonchev–Trinajstić information content (AvgIpc) is 2.47. The van der Waals surface area contributed by atoms with E-state index in [9.17, 15) is 4.39 Å². The van der Waals surface area contributed by atoms with Crippen molar-refractivity contribution in [3.63, 3.8) is 0 Å². The number of nitrogens with two attached hydrogens (primary N) is 1. The fourth-order valence-corrected chi connectivity index (χ4v) is 1.84. The molecule has 0 aliphatic carbocycles. The van der Waals surface area contributed by atoms with Crippen molar-refractivity contribution in [3.8, 4) is 5.75 Å². The van der Waals surface area contributed by atoms with Crippen molar-refractivity contribution in [1.82, 2.24) is 0 Å².